The number of urea groups is 1. The lowest BCUT2D eigenvalue weighted by atomic mass is 10.1. The molecule has 0 aliphatic rings. The van der Waals surface area contributed by atoms with Crippen molar-refractivity contribution < 1.29 is 14.3 Å². The van der Waals surface area contributed by atoms with Crippen molar-refractivity contribution in [3.8, 4) is 5.75 Å². The minimum Gasteiger partial charge on any atom is -0.508 e. The van der Waals surface area contributed by atoms with Crippen LogP contribution in [-0.4, -0.2) is 16.0 Å². The van der Waals surface area contributed by atoms with Crippen LogP contribution in [0.15, 0.2) is 59.2 Å². The molecule has 0 spiro atoms. The van der Waals surface area contributed by atoms with E-state index in [1.807, 2.05) is 45.0 Å². The highest BCUT2D eigenvalue weighted by molar-refractivity contribution is 5.91. The van der Waals surface area contributed by atoms with Crippen LogP contribution in [-0.2, 0) is 13.1 Å². The van der Waals surface area contributed by atoms with Crippen LogP contribution in [0.1, 0.15) is 28.0 Å². The first kappa shape index (κ1) is 18.6. The third kappa shape index (κ3) is 4.50. The van der Waals surface area contributed by atoms with Crippen LogP contribution in [0.3, 0.4) is 0 Å². The predicted molar refractivity (Wildman–Crippen MR) is 106 cm³/mol. The van der Waals surface area contributed by atoms with Gasteiger partial charge in [-0.2, -0.15) is 0 Å². The molecule has 5 nitrogen and oxygen atoms in total. The first-order valence-corrected chi connectivity index (χ1v) is 8.87. The second-order valence-electron chi connectivity index (χ2n) is 6.77. The van der Waals surface area contributed by atoms with Gasteiger partial charge in [-0.15, -0.1) is 0 Å². The third-order valence-corrected chi connectivity index (χ3v) is 4.48. The molecule has 2 aromatic carbocycles. The van der Waals surface area contributed by atoms with Gasteiger partial charge < -0.3 is 19.7 Å². The lowest BCUT2D eigenvalue weighted by Crippen LogP contribution is -2.34. The van der Waals surface area contributed by atoms with Crippen LogP contribution in [0.25, 0.3) is 0 Å². The minimum atomic E-state index is -0.246. The summed E-state index contributed by atoms with van der Waals surface area (Å²) in [5, 5.41) is 13.1. The quantitative estimate of drug-likeness (QED) is 0.658. The maximum atomic E-state index is 13.0. The molecule has 2 N–H and O–H groups in total. The number of amides is 2. The zero-order valence-corrected chi connectivity index (χ0v) is 15.8. The number of hydrogen-bond donors (Lipinski definition) is 2. The Morgan fingerprint density at radius 2 is 1.74 bits per heavy atom. The van der Waals surface area contributed by atoms with E-state index in [0.29, 0.717) is 17.9 Å². The summed E-state index contributed by atoms with van der Waals surface area (Å²) in [4.78, 5) is 14.7. The summed E-state index contributed by atoms with van der Waals surface area (Å²) in [6, 6.07) is 14.5. The number of aromatic hydroxyl groups is 1. The Morgan fingerprint density at radius 3 is 2.37 bits per heavy atom. The van der Waals surface area contributed by atoms with Crippen LogP contribution >= 0.6 is 0 Å². The number of nitrogens with one attached hydrogen (secondary N) is 1. The van der Waals surface area contributed by atoms with Crippen molar-refractivity contribution in [1.82, 2.24) is 4.90 Å². The number of nitrogens with zero attached hydrogens (tertiary/aromatic N) is 1. The van der Waals surface area contributed by atoms with Gasteiger partial charge in [0.15, 0.2) is 0 Å². The molecular weight excluding hydrogens is 340 g/mol. The molecule has 3 rings (SSSR count). The van der Waals surface area contributed by atoms with Gasteiger partial charge in [0.05, 0.1) is 19.4 Å². The predicted octanol–water partition coefficient (Wildman–Crippen LogP) is 5.14. The fourth-order valence-electron chi connectivity index (χ4n) is 3.20. The van der Waals surface area contributed by atoms with Gasteiger partial charge in [0.1, 0.15) is 11.5 Å². The van der Waals surface area contributed by atoms with Gasteiger partial charge in [0, 0.05) is 11.3 Å². The number of aryl methyl sites for hydroxylation is 3. The largest absolute Gasteiger partial charge is 0.508 e. The zero-order chi connectivity index (χ0) is 19.4. The van der Waals surface area contributed by atoms with E-state index in [-0.39, 0.29) is 18.3 Å². The van der Waals surface area contributed by atoms with Crippen molar-refractivity contribution in [2.24, 2.45) is 0 Å². The van der Waals surface area contributed by atoms with Crippen molar-refractivity contribution in [3.63, 3.8) is 0 Å². The number of phenolic OH excluding ortho intramolecular Hbond substituents is 1. The Bertz CT molecular complexity index is 909. The summed E-state index contributed by atoms with van der Waals surface area (Å²) in [6.07, 6.45) is 1.58. The van der Waals surface area contributed by atoms with Crippen LogP contribution in [0.2, 0.25) is 0 Å². The smallest absolute Gasteiger partial charge is 0.322 e. The first-order chi connectivity index (χ1) is 12.9. The van der Waals surface area contributed by atoms with E-state index >= 15 is 0 Å². The van der Waals surface area contributed by atoms with Gasteiger partial charge in [-0.05, 0) is 50.1 Å². The van der Waals surface area contributed by atoms with Crippen molar-refractivity contribution in [1.29, 1.82) is 0 Å². The topological polar surface area (TPSA) is 65.7 Å². The van der Waals surface area contributed by atoms with Crippen LogP contribution in [0, 0.1) is 20.8 Å². The Kier molecular flexibility index (Phi) is 5.50. The molecule has 1 aromatic heterocycles. The molecule has 0 saturated heterocycles. The number of phenols is 1. The molecule has 0 fully saturated rings. The standard InChI is InChI=1S/C22H24N2O3/c1-15-11-16(2)21(17(3)12-15)23-22(26)24(14-19-8-6-10-27-19)13-18-7-4-5-9-20(18)25/h4-12,25H,13-14H2,1-3H3,(H,23,26). The number of anilines is 1. The summed E-state index contributed by atoms with van der Waals surface area (Å²) in [7, 11) is 0. The highest BCUT2D eigenvalue weighted by Gasteiger charge is 2.19. The van der Waals surface area contributed by atoms with Gasteiger partial charge in [0.2, 0.25) is 0 Å². The molecule has 0 unspecified atom stereocenters. The highest BCUT2D eigenvalue weighted by atomic mass is 16.3. The summed E-state index contributed by atoms with van der Waals surface area (Å²) in [6.45, 7) is 6.57. The van der Waals surface area contributed by atoms with Crippen LogP contribution in [0.4, 0.5) is 10.5 Å². The molecule has 0 bridgehead atoms. The van der Waals surface area contributed by atoms with E-state index in [9.17, 15) is 9.90 Å². The first-order valence-electron chi connectivity index (χ1n) is 8.87. The van der Waals surface area contributed by atoms with Crippen LogP contribution in [0.5, 0.6) is 5.75 Å². The number of carbonyl (C=O) groups excluding carboxylic acids is 1. The van der Waals surface area contributed by atoms with Gasteiger partial charge in [-0.1, -0.05) is 35.9 Å². The zero-order valence-electron chi connectivity index (χ0n) is 15.8. The van der Waals surface area contributed by atoms with Crippen molar-refractivity contribution in [2.45, 2.75) is 33.9 Å². The number of carbonyl (C=O) groups is 1. The molecule has 5 heteroatoms. The molecule has 27 heavy (non-hydrogen) atoms. The Hall–Kier alpha value is -3.21. The second kappa shape index (κ2) is 7.99. The molecule has 1 heterocycles. The number of rotatable bonds is 5. The van der Waals surface area contributed by atoms with Crippen LogP contribution < -0.4 is 5.32 Å². The lowest BCUT2D eigenvalue weighted by molar-refractivity contribution is 0.200. The summed E-state index contributed by atoms with van der Waals surface area (Å²) < 4.78 is 5.41. The van der Waals surface area contributed by atoms with Crippen molar-refractivity contribution in [2.75, 3.05) is 5.32 Å². The van der Waals surface area contributed by atoms with E-state index in [1.165, 1.54) is 0 Å². The Morgan fingerprint density at radius 1 is 1.04 bits per heavy atom. The van der Waals surface area contributed by atoms with Gasteiger partial charge in [0.25, 0.3) is 0 Å². The Labute approximate surface area is 159 Å². The molecule has 0 radical (unpaired) electrons. The molecular formula is C22H24N2O3. The van der Waals surface area contributed by atoms with Crippen molar-refractivity contribution >= 4 is 11.7 Å². The number of furan rings is 1. The highest BCUT2D eigenvalue weighted by Crippen LogP contribution is 2.24. The van der Waals surface area contributed by atoms with Gasteiger partial charge >= 0.3 is 6.03 Å². The van der Waals surface area contributed by atoms with E-state index in [2.05, 4.69) is 5.32 Å². The van der Waals surface area contributed by atoms with Crippen molar-refractivity contribution in [3.05, 3.63) is 82.8 Å². The maximum absolute atomic E-state index is 13.0. The Balaban J connectivity index is 1.85. The summed E-state index contributed by atoms with van der Waals surface area (Å²) >= 11 is 0. The minimum absolute atomic E-state index is 0.164. The number of para-hydroxylation sites is 1. The molecule has 140 valence electrons. The SMILES string of the molecule is Cc1cc(C)c(NC(=O)N(Cc2ccco2)Cc2ccccc2O)c(C)c1. The monoisotopic (exact) mass is 364 g/mol. The molecule has 0 atom stereocenters. The molecule has 0 aliphatic carbocycles. The average molecular weight is 364 g/mol. The lowest BCUT2D eigenvalue weighted by Gasteiger charge is -2.24. The average Bonchev–Trinajstić information content (AvgIpc) is 3.12. The maximum Gasteiger partial charge on any atom is 0.322 e. The van der Waals surface area contributed by atoms with Gasteiger partial charge in [-0.3, -0.25) is 0 Å². The third-order valence-electron chi connectivity index (χ3n) is 4.48. The number of benzene rings is 2. The van der Waals surface area contributed by atoms with E-state index in [4.69, 9.17) is 4.42 Å². The molecule has 0 aliphatic heterocycles. The second-order valence-corrected chi connectivity index (χ2v) is 6.77. The molecule has 2 amide bonds. The fraction of sp³-hybridized carbons (Fsp3) is 0.227. The molecule has 0 saturated carbocycles. The van der Waals surface area contributed by atoms with E-state index in [1.54, 1.807) is 35.4 Å². The van der Waals surface area contributed by atoms with Gasteiger partial charge in [-0.25, -0.2) is 4.79 Å². The fourth-order valence-corrected chi connectivity index (χ4v) is 3.20. The normalized spacial score (nSPS) is 10.6. The van der Waals surface area contributed by atoms with E-state index < -0.39 is 0 Å². The number of hydrogen-bond acceptors (Lipinski definition) is 3. The summed E-state index contributed by atoms with van der Waals surface area (Å²) in [5.41, 5.74) is 4.68. The summed E-state index contributed by atoms with van der Waals surface area (Å²) in [5.74, 6) is 0.843. The van der Waals surface area contributed by atoms with E-state index in [0.717, 1.165) is 22.4 Å². The molecule has 3 aromatic rings.